The van der Waals surface area contributed by atoms with Gasteiger partial charge in [0.2, 0.25) is 0 Å². The maximum atomic E-state index is 12.7. The smallest absolute Gasteiger partial charge is 0.275 e. The maximum Gasteiger partial charge on any atom is 0.275 e. The molecule has 1 saturated heterocycles. The molecule has 0 bridgehead atoms. The van der Waals surface area contributed by atoms with E-state index in [-0.39, 0.29) is 17.2 Å². The van der Waals surface area contributed by atoms with Crippen LogP contribution in [0.2, 0.25) is 0 Å². The summed E-state index contributed by atoms with van der Waals surface area (Å²) in [6.45, 7) is 1.88. The second kappa shape index (κ2) is 8.23. The van der Waals surface area contributed by atoms with Crippen LogP contribution >= 0.6 is 0 Å². The molecule has 4 rings (SSSR count). The van der Waals surface area contributed by atoms with Gasteiger partial charge in [-0.3, -0.25) is 4.79 Å². The number of hydrogen-bond acceptors (Lipinski definition) is 4. The highest BCUT2D eigenvalue weighted by atomic mass is 16.3. The van der Waals surface area contributed by atoms with Gasteiger partial charge in [-0.25, -0.2) is 5.43 Å². The number of hydrogen-bond donors (Lipinski definition) is 3. The minimum absolute atomic E-state index is 0.0195. The van der Waals surface area contributed by atoms with Gasteiger partial charge in [-0.05, 0) is 42.9 Å². The minimum atomic E-state index is -0.411. The van der Waals surface area contributed by atoms with Crippen LogP contribution in [0.15, 0.2) is 71.8 Å². The molecule has 0 radical (unpaired) electrons. The molecule has 1 aliphatic rings. The van der Waals surface area contributed by atoms with Crippen molar-refractivity contribution in [1.82, 2.24) is 10.7 Å². The highest BCUT2D eigenvalue weighted by molar-refractivity contribution is 6.06. The number of carbonyl (C=O) groups is 1. The molecule has 0 atom stereocenters. The number of piperidine rings is 1. The van der Waals surface area contributed by atoms with Crippen molar-refractivity contribution < 1.29 is 9.90 Å². The summed E-state index contributed by atoms with van der Waals surface area (Å²) in [7, 11) is 0. The molecule has 0 unspecified atom stereocenters. The number of rotatable bonds is 4. The Balaban J connectivity index is 1.63. The van der Waals surface area contributed by atoms with E-state index in [0.29, 0.717) is 5.39 Å². The van der Waals surface area contributed by atoms with E-state index in [9.17, 15) is 9.90 Å². The Morgan fingerprint density at radius 1 is 0.964 bits per heavy atom. The Morgan fingerprint density at radius 2 is 1.68 bits per heavy atom. The van der Waals surface area contributed by atoms with E-state index in [4.69, 9.17) is 0 Å². The highest BCUT2D eigenvalue weighted by Gasteiger charge is 2.21. The van der Waals surface area contributed by atoms with Crippen molar-refractivity contribution in [3.63, 3.8) is 0 Å². The highest BCUT2D eigenvalue weighted by Crippen LogP contribution is 2.28. The van der Waals surface area contributed by atoms with E-state index in [1.165, 1.54) is 0 Å². The fourth-order valence-electron chi connectivity index (χ4n) is 3.71. The van der Waals surface area contributed by atoms with Crippen LogP contribution in [0.1, 0.15) is 28.8 Å². The molecule has 3 aromatic carbocycles. The van der Waals surface area contributed by atoms with Gasteiger partial charge in [0.1, 0.15) is 5.75 Å². The average molecular weight is 373 g/mol. The van der Waals surface area contributed by atoms with Crippen molar-refractivity contribution >= 4 is 22.4 Å². The first-order valence-corrected chi connectivity index (χ1v) is 9.59. The van der Waals surface area contributed by atoms with Crippen molar-refractivity contribution in [3.05, 3.63) is 77.9 Å². The van der Waals surface area contributed by atoms with E-state index in [1.807, 2.05) is 54.6 Å². The first-order chi connectivity index (χ1) is 13.7. The molecule has 0 saturated carbocycles. The van der Waals surface area contributed by atoms with Gasteiger partial charge in [0.05, 0.1) is 11.3 Å². The topological polar surface area (TPSA) is 73.7 Å². The van der Waals surface area contributed by atoms with E-state index in [2.05, 4.69) is 15.8 Å². The van der Waals surface area contributed by atoms with E-state index in [1.54, 1.807) is 12.1 Å². The fourth-order valence-corrected chi connectivity index (χ4v) is 3.71. The summed E-state index contributed by atoms with van der Waals surface area (Å²) in [6, 6.07) is 20.9. The van der Waals surface area contributed by atoms with Gasteiger partial charge in [-0.1, -0.05) is 60.7 Å². The van der Waals surface area contributed by atoms with Gasteiger partial charge in [-0.15, -0.1) is 0 Å². The summed E-state index contributed by atoms with van der Waals surface area (Å²) >= 11 is 0. The Hall–Kier alpha value is -3.18. The van der Waals surface area contributed by atoms with Crippen LogP contribution in [0, 0.1) is 5.92 Å². The average Bonchev–Trinajstić information content (AvgIpc) is 2.76. The lowest BCUT2D eigenvalue weighted by molar-refractivity contribution is 0.0952. The largest absolute Gasteiger partial charge is 0.506 e. The van der Waals surface area contributed by atoms with Gasteiger partial charge in [0, 0.05) is 11.3 Å². The molecule has 1 heterocycles. The Bertz CT molecular complexity index is 1010. The van der Waals surface area contributed by atoms with Crippen LogP contribution in [0.25, 0.3) is 10.8 Å². The normalized spacial score (nSPS) is 15.5. The monoisotopic (exact) mass is 373 g/mol. The second-order valence-electron chi connectivity index (χ2n) is 7.01. The lowest BCUT2D eigenvalue weighted by Crippen LogP contribution is -2.33. The Labute approximate surface area is 164 Å². The van der Waals surface area contributed by atoms with Crippen molar-refractivity contribution in [2.45, 2.75) is 12.8 Å². The lowest BCUT2D eigenvalue weighted by Gasteiger charge is -2.24. The minimum Gasteiger partial charge on any atom is -0.506 e. The van der Waals surface area contributed by atoms with Crippen LogP contribution in [0.5, 0.6) is 5.75 Å². The van der Waals surface area contributed by atoms with Crippen molar-refractivity contribution in [2.24, 2.45) is 11.0 Å². The quantitative estimate of drug-likeness (QED) is 0.482. The summed E-state index contributed by atoms with van der Waals surface area (Å²) in [6.07, 6.45) is 1.95. The molecule has 0 aromatic heterocycles. The van der Waals surface area contributed by atoms with Gasteiger partial charge in [0.15, 0.2) is 0 Å². The van der Waals surface area contributed by atoms with Crippen LogP contribution in [0.3, 0.4) is 0 Å². The molecule has 5 heteroatoms. The van der Waals surface area contributed by atoms with Crippen molar-refractivity contribution in [2.75, 3.05) is 13.1 Å². The maximum absolute atomic E-state index is 12.7. The van der Waals surface area contributed by atoms with Crippen LogP contribution in [-0.2, 0) is 0 Å². The number of phenolic OH excluding ortho intramolecular Hbond substituents is 1. The number of fused-ring (bicyclic) bond motifs is 1. The van der Waals surface area contributed by atoms with Gasteiger partial charge >= 0.3 is 0 Å². The Kier molecular flexibility index (Phi) is 5.35. The van der Waals surface area contributed by atoms with Crippen molar-refractivity contribution in [3.8, 4) is 5.75 Å². The van der Waals surface area contributed by atoms with Gasteiger partial charge in [0.25, 0.3) is 5.91 Å². The summed E-state index contributed by atoms with van der Waals surface area (Å²) in [5.41, 5.74) is 4.79. The molecule has 28 heavy (non-hydrogen) atoms. The summed E-state index contributed by atoms with van der Waals surface area (Å²) in [5.74, 6) is -0.145. The zero-order chi connectivity index (χ0) is 19.3. The zero-order valence-electron chi connectivity index (χ0n) is 15.6. The summed E-state index contributed by atoms with van der Waals surface area (Å²) < 4.78 is 0. The molecule has 142 valence electrons. The SMILES string of the molecule is O=C(N/N=C(/c1ccccc1)C1CCNCC1)c1ccc2ccccc2c1O. The van der Waals surface area contributed by atoms with Gasteiger partial charge in [-0.2, -0.15) is 5.10 Å². The summed E-state index contributed by atoms with van der Waals surface area (Å²) in [5, 5.41) is 19.9. The van der Waals surface area contributed by atoms with Crippen LogP contribution < -0.4 is 10.7 Å². The number of hydrazone groups is 1. The molecular weight excluding hydrogens is 350 g/mol. The lowest BCUT2D eigenvalue weighted by atomic mass is 9.89. The summed E-state index contributed by atoms with van der Waals surface area (Å²) in [4.78, 5) is 12.7. The number of nitrogens with zero attached hydrogens (tertiary/aromatic N) is 1. The molecule has 3 N–H and O–H groups in total. The number of nitrogens with one attached hydrogen (secondary N) is 2. The first kappa shape index (κ1) is 18.2. The molecule has 0 spiro atoms. The van der Waals surface area contributed by atoms with Gasteiger partial charge < -0.3 is 10.4 Å². The van der Waals surface area contributed by atoms with Crippen LogP contribution in [-0.4, -0.2) is 29.8 Å². The molecule has 3 aromatic rings. The number of carbonyl (C=O) groups excluding carboxylic acids is 1. The van der Waals surface area contributed by atoms with E-state index >= 15 is 0 Å². The number of amides is 1. The molecule has 1 amide bonds. The number of phenols is 1. The molecular formula is C23H23N3O2. The Morgan fingerprint density at radius 3 is 2.46 bits per heavy atom. The third-order valence-electron chi connectivity index (χ3n) is 5.22. The molecule has 5 nitrogen and oxygen atoms in total. The van der Waals surface area contributed by atoms with Crippen LogP contribution in [0.4, 0.5) is 0 Å². The molecule has 1 aliphatic heterocycles. The predicted molar refractivity (Wildman–Crippen MR) is 112 cm³/mol. The zero-order valence-corrected chi connectivity index (χ0v) is 15.6. The number of aromatic hydroxyl groups is 1. The molecule has 1 fully saturated rings. The third-order valence-corrected chi connectivity index (χ3v) is 5.22. The molecule has 0 aliphatic carbocycles. The standard InChI is InChI=1S/C23H23N3O2/c27-22-19-9-5-4-6-16(19)10-11-20(22)23(28)26-25-21(17-7-2-1-3-8-17)18-12-14-24-15-13-18/h1-11,18,24,27H,12-15H2,(H,26,28)/b25-21-. The first-order valence-electron chi connectivity index (χ1n) is 9.59. The van der Waals surface area contributed by atoms with E-state index in [0.717, 1.165) is 42.6 Å². The fraction of sp³-hybridized carbons (Fsp3) is 0.217. The predicted octanol–water partition coefficient (Wildman–Crippen LogP) is 3.68. The third kappa shape index (κ3) is 3.75. The number of benzene rings is 3. The second-order valence-corrected chi connectivity index (χ2v) is 7.01. The van der Waals surface area contributed by atoms with E-state index < -0.39 is 5.91 Å². The van der Waals surface area contributed by atoms with Crippen molar-refractivity contribution in [1.29, 1.82) is 0 Å².